The van der Waals surface area contributed by atoms with Gasteiger partial charge in [-0.25, -0.2) is 0 Å². The quantitative estimate of drug-likeness (QED) is 0.550. The molecule has 2 aliphatic carbocycles. The summed E-state index contributed by atoms with van der Waals surface area (Å²) < 4.78 is 10.8. The van der Waals surface area contributed by atoms with Crippen molar-refractivity contribution in [3.63, 3.8) is 0 Å². The molecule has 0 amide bonds. The second kappa shape index (κ2) is 5.11. The molecule has 0 spiro atoms. The van der Waals surface area contributed by atoms with Gasteiger partial charge in [-0.2, -0.15) is 0 Å². The van der Waals surface area contributed by atoms with Crippen molar-refractivity contribution in [3.05, 3.63) is 11.6 Å². The number of hydrogen-bond acceptors (Lipinski definition) is 2. The van der Waals surface area contributed by atoms with Crippen LogP contribution in [0, 0.1) is 17.3 Å². The van der Waals surface area contributed by atoms with Gasteiger partial charge in [0.1, 0.15) is 0 Å². The van der Waals surface area contributed by atoms with E-state index in [0.29, 0.717) is 11.3 Å². The molecule has 0 aromatic rings. The van der Waals surface area contributed by atoms with Gasteiger partial charge in [0.2, 0.25) is 0 Å². The Kier molecular flexibility index (Phi) is 3.94. The van der Waals surface area contributed by atoms with Gasteiger partial charge in [-0.05, 0) is 37.0 Å². The van der Waals surface area contributed by atoms with Gasteiger partial charge >= 0.3 is 0 Å². The molecule has 98 valence electrons. The summed E-state index contributed by atoms with van der Waals surface area (Å²) in [5.74, 6) is 1.26. The summed E-state index contributed by atoms with van der Waals surface area (Å²) in [4.78, 5) is 0. The van der Waals surface area contributed by atoms with E-state index in [2.05, 4.69) is 19.9 Å². The van der Waals surface area contributed by atoms with Gasteiger partial charge in [0.05, 0.1) is 0 Å². The minimum Gasteiger partial charge on any atom is -0.355 e. The summed E-state index contributed by atoms with van der Waals surface area (Å²) in [5, 5.41) is 0. The van der Waals surface area contributed by atoms with E-state index in [-0.39, 0.29) is 6.29 Å². The van der Waals surface area contributed by atoms with Gasteiger partial charge in [0, 0.05) is 20.1 Å². The van der Waals surface area contributed by atoms with E-state index in [9.17, 15) is 0 Å². The van der Waals surface area contributed by atoms with Crippen LogP contribution in [0.1, 0.15) is 46.0 Å². The third kappa shape index (κ3) is 2.58. The first-order chi connectivity index (χ1) is 8.08. The number of allylic oxidation sites excluding steroid dienone is 1. The molecule has 2 atom stereocenters. The fourth-order valence-corrected chi connectivity index (χ4v) is 3.67. The maximum atomic E-state index is 5.42. The normalized spacial score (nSPS) is 32.2. The van der Waals surface area contributed by atoms with Crippen LogP contribution >= 0.6 is 0 Å². The van der Waals surface area contributed by atoms with Crippen molar-refractivity contribution in [2.24, 2.45) is 17.3 Å². The topological polar surface area (TPSA) is 18.5 Å². The Morgan fingerprint density at radius 2 is 1.88 bits per heavy atom. The smallest absolute Gasteiger partial charge is 0.163 e. The zero-order valence-electron chi connectivity index (χ0n) is 11.7. The molecule has 1 saturated carbocycles. The molecule has 0 saturated heterocycles. The summed E-state index contributed by atoms with van der Waals surface area (Å²) >= 11 is 0. The van der Waals surface area contributed by atoms with Gasteiger partial charge in [-0.3, -0.25) is 0 Å². The fourth-order valence-electron chi connectivity index (χ4n) is 3.67. The van der Waals surface area contributed by atoms with Gasteiger partial charge in [-0.15, -0.1) is 0 Å². The van der Waals surface area contributed by atoms with Gasteiger partial charge in [0.25, 0.3) is 0 Å². The standard InChI is InChI=1S/C15H26O2/c1-15(2)9-5-6-11-7-8-12(10-13(11)15)14(16-3)17-4/h10-12,14H,5-9H2,1-4H3. The molecule has 2 unspecified atom stereocenters. The molecule has 2 rings (SSSR count). The van der Waals surface area contributed by atoms with E-state index in [1.807, 2.05) is 0 Å². The highest BCUT2D eigenvalue weighted by Crippen LogP contribution is 2.48. The molecule has 17 heavy (non-hydrogen) atoms. The zero-order chi connectivity index (χ0) is 12.5. The van der Waals surface area contributed by atoms with Crippen LogP contribution in [-0.4, -0.2) is 20.5 Å². The first-order valence-electron chi connectivity index (χ1n) is 6.86. The highest BCUT2D eigenvalue weighted by Gasteiger charge is 2.37. The first kappa shape index (κ1) is 13.1. The third-order valence-corrected chi connectivity index (χ3v) is 4.63. The van der Waals surface area contributed by atoms with E-state index in [4.69, 9.17) is 9.47 Å². The van der Waals surface area contributed by atoms with Crippen LogP contribution in [0.4, 0.5) is 0 Å². The average molecular weight is 238 g/mol. The second-order valence-electron chi connectivity index (χ2n) is 6.18. The van der Waals surface area contributed by atoms with Crippen LogP contribution in [0.15, 0.2) is 11.6 Å². The Bertz CT molecular complexity index is 289. The molecule has 0 radical (unpaired) electrons. The molecule has 1 fully saturated rings. The summed E-state index contributed by atoms with van der Waals surface area (Å²) in [6, 6.07) is 0. The number of rotatable bonds is 3. The molecule has 2 heteroatoms. The minimum absolute atomic E-state index is 0.0684. The van der Waals surface area contributed by atoms with Gasteiger partial charge in [-0.1, -0.05) is 31.9 Å². The van der Waals surface area contributed by atoms with Crippen LogP contribution in [0.5, 0.6) is 0 Å². The van der Waals surface area contributed by atoms with Gasteiger partial charge in [0.15, 0.2) is 6.29 Å². The Morgan fingerprint density at radius 1 is 1.18 bits per heavy atom. The Labute approximate surface area is 105 Å². The SMILES string of the molecule is COC(OC)C1C=C2C(CCCC2(C)C)CC1. The van der Waals surface area contributed by atoms with Crippen molar-refractivity contribution in [2.45, 2.75) is 52.2 Å². The van der Waals surface area contributed by atoms with E-state index < -0.39 is 0 Å². The van der Waals surface area contributed by atoms with Crippen molar-refractivity contribution < 1.29 is 9.47 Å². The zero-order valence-corrected chi connectivity index (χ0v) is 11.7. The van der Waals surface area contributed by atoms with E-state index in [1.165, 1.54) is 32.1 Å². The largest absolute Gasteiger partial charge is 0.355 e. The molecule has 0 aliphatic heterocycles. The van der Waals surface area contributed by atoms with Crippen molar-refractivity contribution >= 4 is 0 Å². The predicted molar refractivity (Wildman–Crippen MR) is 69.7 cm³/mol. The highest BCUT2D eigenvalue weighted by molar-refractivity contribution is 5.22. The number of methoxy groups -OCH3 is 2. The monoisotopic (exact) mass is 238 g/mol. The molecule has 2 nitrogen and oxygen atoms in total. The maximum Gasteiger partial charge on any atom is 0.163 e. The summed E-state index contributed by atoms with van der Waals surface area (Å²) in [7, 11) is 3.48. The van der Waals surface area contributed by atoms with Crippen LogP contribution in [0.25, 0.3) is 0 Å². The molecular formula is C15H26O2. The number of hydrogen-bond donors (Lipinski definition) is 0. The summed E-state index contributed by atoms with van der Waals surface area (Å²) in [5.41, 5.74) is 2.05. The van der Waals surface area contributed by atoms with Crippen molar-refractivity contribution in [2.75, 3.05) is 14.2 Å². The maximum absolute atomic E-state index is 5.42. The molecule has 2 aliphatic rings. The highest BCUT2D eigenvalue weighted by atomic mass is 16.7. The lowest BCUT2D eigenvalue weighted by molar-refractivity contribution is -0.130. The predicted octanol–water partition coefficient (Wildman–Crippen LogP) is 3.77. The Balaban J connectivity index is 2.20. The van der Waals surface area contributed by atoms with E-state index in [1.54, 1.807) is 19.8 Å². The second-order valence-corrected chi connectivity index (χ2v) is 6.18. The van der Waals surface area contributed by atoms with Crippen LogP contribution in [0.2, 0.25) is 0 Å². The number of ether oxygens (including phenoxy) is 2. The van der Waals surface area contributed by atoms with Crippen molar-refractivity contribution in [1.29, 1.82) is 0 Å². The lowest BCUT2D eigenvalue weighted by atomic mass is 9.63. The molecule has 0 bridgehead atoms. The van der Waals surface area contributed by atoms with Crippen LogP contribution < -0.4 is 0 Å². The Hall–Kier alpha value is -0.340. The fraction of sp³-hybridized carbons (Fsp3) is 0.867. The third-order valence-electron chi connectivity index (χ3n) is 4.63. The van der Waals surface area contributed by atoms with Crippen LogP contribution in [-0.2, 0) is 9.47 Å². The average Bonchev–Trinajstić information content (AvgIpc) is 2.31. The molecule has 0 aromatic carbocycles. The molecule has 0 N–H and O–H groups in total. The lowest BCUT2D eigenvalue weighted by Crippen LogP contribution is -2.34. The lowest BCUT2D eigenvalue weighted by Gasteiger charge is -2.43. The molecule has 0 aromatic heterocycles. The molecular weight excluding hydrogens is 212 g/mol. The van der Waals surface area contributed by atoms with Gasteiger partial charge < -0.3 is 9.47 Å². The van der Waals surface area contributed by atoms with Crippen LogP contribution in [0.3, 0.4) is 0 Å². The summed E-state index contributed by atoms with van der Waals surface area (Å²) in [6.45, 7) is 4.78. The van der Waals surface area contributed by atoms with Crippen molar-refractivity contribution in [1.82, 2.24) is 0 Å². The first-order valence-corrected chi connectivity index (χ1v) is 6.86. The van der Waals surface area contributed by atoms with E-state index in [0.717, 1.165) is 5.92 Å². The number of fused-ring (bicyclic) bond motifs is 1. The molecule has 0 heterocycles. The summed E-state index contributed by atoms with van der Waals surface area (Å²) in [6.07, 6.45) is 9.00. The van der Waals surface area contributed by atoms with E-state index >= 15 is 0 Å². The van der Waals surface area contributed by atoms with Crippen molar-refractivity contribution in [3.8, 4) is 0 Å². The minimum atomic E-state index is -0.0684. The Morgan fingerprint density at radius 3 is 2.53 bits per heavy atom.